The molecule has 5 nitrogen and oxygen atoms in total. The summed E-state index contributed by atoms with van der Waals surface area (Å²) in [7, 11) is 0. The van der Waals surface area contributed by atoms with E-state index in [2.05, 4.69) is 22.1 Å². The fourth-order valence-corrected chi connectivity index (χ4v) is 3.45. The first-order valence-corrected chi connectivity index (χ1v) is 8.62. The molecule has 1 aliphatic heterocycles. The third-order valence-electron chi connectivity index (χ3n) is 3.58. The van der Waals surface area contributed by atoms with Crippen molar-refractivity contribution in [3.05, 3.63) is 11.1 Å². The van der Waals surface area contributed by atoms with E-state index in [-0.39, 0.29) is 11.9 Å². The summed E-state index contributed by atoms with van der Waals surface area (Å²) in [6.07, 6.45) is 5.05. The van der Waals surface area contributed by atoms with Gasteiger partial charge in [0.05, 0.1) is 12.5 Å². The first kappa shape index (κ1) is 16.2. The van der Waals surface area contributed by atoms with Crippen LogP contribution in [0.2, 0.25) is 0 Å². The van der Waals surface area contributed by atoms with E-state index in [0.29, 0.717) is 6.61 Å². The van der Waals surface area contributed by atoms with Crippen LogP contribution in [0.25, 0.3) is 0 Å². The van der Waals surface area contributed by atoms with Crippen molar-refractivity contribution in [3.8, 4) is 0 Å². The summed E-state index contributed by atoms with van der Waals surface area (Å²) in [5.74, 6) is -0.0129. The summed E-state index contributed by atoms with van der Waals surface area (Å²) in [4.78, 5) is 19.8. The van der Waals surface area contributed by atoms with Gasteiger partial charge in [-0.15, -0.1) is 11.3 Å². The second kappa shape index (κ2) is 8.34. The lowest BCUT2D eigenvalue weighted by atomic mass is 9.98. The van der Waals surface area contributed by atoms with Crippen molar-refractivity contribution in [2.45, 2.75) is 39.7 Å². The minimum atomic E-state index is -0.0446. The SMILES string of the molecule is CCCNc1ncc(CN2CCCC(C(=O)OCC)C2)s1. The number of nitrogens with zero attached hydrogens (tertiary/aromatic N) is 2. The number of carbonyl (C=O) groups excluding carboxylic acids is 1. The molecule has 0 aromatic carbocycles. The predicted molar refractivity (Wildman–Crippen MR) is 85.5 cm³/mol. The molecule has 0 spiro atoms. The predicted octanol–water partition coefficient (Wildman–Crippen LogP) is 2.74. The summed E-state index contributed by atoms with van der Waals surface area (Å²) >= 11 is 1.71. The van der Waals surface area contributed by atoms with Crippen molar-refractivity contribution in [3.63, 3.8) is 0 Å². The van der Waals surface area contributed by atoms with Gasteiger partial charge in [-0.25, -0.2) is 4.98 Å². The highest BCUT2D eigenvalue weighted by Crippen LogP contribution is 2.23. The Kier molecular flexibility index (Phi) is 6.45. The number of hydrogen-bond donors (Lipinski definition) is 1. The molecule has 2 heterocycles. The Hall–Kier alpha value is -1.14. The van der Waals surface area contributed by atoms with Gasteiger partial charge in [-0.1, -0.05) is 6.92 Å². The van der Waals surface area contributed by atoms with E-state index < -0.39 is 0 Å². The molecule has 0 bridgehead atoms. The molecule has 1 saturated heterocycles. The van der Waals surface area contributed by atoms with Crippen LogP contribution in [0.1, 0.15) is 38.0 Å². The van der Waals surface area contributed by atoms with Crippen molar-refractivity contribution in [2.75, 3.05) is 31.6 Å². The zero-order valence-corrected chi connectivity index (χ0v) is 13.7. The zero-order chi connectivity index (χ0) is 15.1. The molecular weight excluding hydrogens is 286 g/mol. The molecule has 0 aliphatic carbocycles. The van der Waals surface area contributed by atoms with Crippen molar-refractivity contribution < 1.29 is 9.53 Å². The quantitative estimate of drug-likeness (QED) is 0.785. The number of aromatic nitrogens is 1. The standard InChI is InChI=1S/C15H25N3O2S/c1-3-7-16-15-17-9-13(21-15)11-18-8-5-6-12(10-18)14(19)20-4-2/h9,12H,3-8,10-11H2,1-2H3,(H,16,17). The second-order valence-corrected chi connectivity index (χ2v) is 6.50. The fraction of sp³-hybridized carbons (Fsp3) is 0.733. The van der Waals surface area contributed by atoms with Gasteiger partial charge in [-0.2, -0.15) is 0 Å². The van der Waals surface area contributed by atoms with Crippen LogP contribution in [-0.4, -0.2) is 42.1 Å². The first-order chi connectivity index (χ1) is 10.2. The van der Waals surface area contributed by atoms with Gasteiger partial charge >= 0.3 is 5.97 Å². The van der Waals surface area contributed by atoms with Gasteiger partial charge in [0.2, 0.25) is 0 Å². The molecule has 1 fully saturated rings. The first-order valence-electron chi connectivity index (χ1n) is 7.80. The number of piperidine rings is 1. The molecule has 1 unspecified atom stereocenters. The molecule has 6 heteroatoms. The van der Waals surface area contributed by atoms with Gasteiger partial charge in [0.1, 0.15) is 0 Å². The van der Waals surface area contributed by atoms with Crippen LogP contribution >= 0.6 is 11.3 Å². The Balaban J connectivity index is 1.84. The normalized spacial score (nSPS) is 19.4. The van der Waals surface area contributed by atoms with Gasteiger partial charge in [0.25, 0.3) is 0 Å². The number of likely N-dealkylation sites (tertiary alicyclic amines) is 1. The summed E-state index contributed by atoms with van der Waals surface area (Å²) in [6, 6.07) is 0. The third kappa shape index (κ3) is 4.97. The molecule has 21 heavy (non-hydrogen) atoms. The summed E-state index contributed by atoms with van der Waals surface area (Å²) in [6.45, 7) is 8.16. The summed E-state index contributed by atoms with van der Waals surface area (Å²) in [5.41, 5.74) is 0. The molecule has 0 radical (unpaired) electrons. The maximum absolute atomic E-state index is 11.8. The van der Waals surface area contributed by atoms with Crippen molar-refractivity contribution >= 4 is 22.4 Å². The molecular formula is C15H25N3O2S. The lowest BCUT2D eigenvalue weighted by Gasteiger charge is -2.30. The smallest absolute Gasteiger partial charge is 0.310 e. The Morgan fingerprint density at radius 3 is 3.19 bits per heavy atom. The monoisotopic (exact) mass is 311 g/mol. The minimum Gasteiger partial charge on any atom is -0.466 e. The average Bonchev–Trinajstić information content (AvgIpc) is 2.93. The lowest BCUT2D eigenvalue weighted by Crippen LogP contribution is -2.38. The summed E-state index contributed by atoms with van der Waals surface area (Å²) < 4.78 is 5.14. The molecule has 1 aromatic rings. The highest BCUT2D eigenvalue weighted by molar-refractivity contribution is 7.15. The van der Waals surface area contributed by atoms with E-state index >= 15 is 0 Å². The van der Waals surface area contributed by atoms with E-state index in [9.17, 15) is 4.79 Å². The largest absolute Gasteiger partial charge is 0.466 e. The highest BCUT2D eigenvalue weighted by atomic mass is 32.1. The molecule has 0 amide bonds. The van der Waals surface area contributed by atoms with Gasteiger partial charge in [-0.05, 0) is 32.7 Å². The van der Waals surface area contributed by atoms with Crippen LogP contribution in [0, 0.1) is 5.92 Å². The van der Waals surface area contributed by atoms with Gasteiger partial charge < -0.3 is 10.1 Å². The number of anilines is 1. The maximum atomic E-state index is 11.8. The topological polar surface area (TPSA) is 54.5 Å². The number of nitrogens with one attached hydrogen (secondary N) is 1. The molecule has 118 valence electrons. The second-order valence-electron chi connectivity index (χ2n) is 5.38. The Morgan fingerprint density at radius 1 is 1.57 bits per heavy atom. The average molecular weight is 311 g/mol. The van der Waals surface area contributed by atoms with Crippen LogP contribution in [-0.2, 0) is 16.1 Å². The highest BCUT2D eigenvalue weighted by Gasteiger charge is 2.27. The van der Waals surface area contributed by atoms with Crippen molar-refractivity contribution in [1.29, 1.82) is 0 Å². The molecule has 1 aliphatic rings. The van der Waals surface area contributed by atoms with Crippen LogP contribution < -0.4 is 5.32 Å². The van der Waals surface area contributed by atoms with Crippen LogP contribution in [0.3, 0.4) is 0 Å². The van der Waals surface area contributed by atoms with Crippen LogP contribution in [0.15, 0.2) is 6.20 Å². The van der Waals surface area contributed by atoms with E-state index in [1.165, 1.54) is 4.88 Å². The van der Waals surface area contributed by atoms with E-state index in [0.717, 1.165) is 50.6 Å². The Labute approximate surface area is 130 Å². The van der Waals surface area contributed by atoms with Crippen LogP contribution in [0.4, 0.5) is 5.13 Å². The number of rotatable bonds is 7. The Morgan fingerprint density at radius 2 is 2.43 bits per heavy atom. The molecule has 2 rings (SSSR count). The van der Waals surface area contributed by atoms with Gasteiger partial charge in [0.15, 0.2) is 5.13 Å². The maximum Gasteiger partial charge on any atom is 0.310 e. The third-order valence-corrected chi connectivity index (χ3v) is 4.52. The number of thiazole rings is 1. The zero-order valence-electron chi connectivity index (χ0n) is 12.9. The molecule has 1 atom stereocenters. The van der Waals surface area contributed by atoms with Gasteiger partial charge in [0, 0.05) is 30.7 Å². The summed E-state index contributed by atoms with van der Waals surface area (Å²) in [5, 5.41) is 4.30. The van der Waals surface area contributed by atoms with E-state index in [1.54, 1.807) is 11.3 Å². The number of ether oxygens (including phenoxy) is 1. The number of carbonyl (C=O) groups is 1. The van der Waals surface area contributed by atoms with Crippen molar-refractivity contribution in [1.82, 2.24) is 9.88 Å². The number of esters is 1. The lowest BCUT2D eigenvalue weighted by molar-refractivity contribution is -0.150. The Bertz CT molecular complexity index is 450. The van der Waals surface area contributed by atoms with E-state index in [1.807, 2.05) is 13.1 Å². The number of hydrogen-bond acceptors (Lipinski definition) is 6. The van der Waals surface area contributed by atoms with Crippen LogP contribution in [0.5, 0.6) is 0 Å². The van der Waals surface area contributed by atoms with E-state index in [4.69, 9.17) is 4.74 Å². The molecule has 0 saturated carbocycles. The molecule has 1 aromatic heterocycles. The minimum absolute atomic E-state index is 0.0318. The molecule has 1 N–H and O–H groups in total. The van der Waals surface area contributed by atoms with Crippen molar-refractivity contribution in [2.24, 2.45) is 5.92 Å². The fourth-order valence-electron chi connectivity index (χ4n) is 2.57. The van der Waals surface area contributed by atoms with Gasteiger partial charge in [-0.3, -0.25) is 9.69 Å².